The van der Waals surface area contributed by atoms with Crippen LogP contribution in [0, 0.1) is 13.3 Å². The number of fused-ring (bicyclic) bond motifs is 2. The van der Waals surface area contributed by atoms with Crippen LogP contribution in [0.1, 0.15) is 0 Å². The van der Waals surface area contributed by atoms with Gasteiger partial charge in [0.2, 0.25) is 0 Å². The van der Waals surface area contributed by atoms with Gasteiger partial charge >= 0.3 is 21.1 Å². The molecule has 0 amide bonds. The van der Waals surface area contributed by atoms with Gasteiger partial charge < -0.3 is 39.5 Å². The van der Waals surface area contributed by atoms with E-state index in [9.17, 15) is 0 Å². The second kappa shape index (κ2) is 8.03. The van der Waals surface area contributed by atoms with Crippen LogP contribution in [0.5, 0.6) is 0 Å². The van der Waals surface area contributed by atoms with Crippen molar-refractivity contribution in [2.24, 2.45) is 0 Å². The molecule has 0 N–H and O–H groups in total. The molecule has 4 aromatic heterocycles. The number of hydrogen-bond donors (Lipinski definition) is 0. The van der Waals surface area contributed by atoms with Gasteiger partial charge in [0.15, 0.2) is 0 Å². The summed E-state index contributed by atoms with van der Waals surface area (Å²) in [6.07, 6.45) is 11.3. The molecular weight excluding hydrogens is 575 g/mol. The number of anilines is 2. The maximum absolute atomic E-state index is 4.52. The molecule has 156 valence electrons. The van der Waals surface area contributed by atoms with Crippen LogP contribution >= 0.6 is 0 Å². The van der Waals surface area contributed by atoms with Gasteiger partial charge in [-0.25, -0.2) is 13.3 Å². The van der Waals surface area contributed by atoms with Crippen LogP contribution in [0.15, 0.2) is 61.5 Å². The van der Waals surface area contributed by atoms with E-state index >= 15 is 0 Å². The van der Waals surface area contributed by atoms with Gasteiger partial charge in [-0.15, -0.1) is 0 Å². The molecule has 6 heterocycles. The SMILES string of the molecule is C1=CN(c2nc3ncccc3[n-]2)[CH-]N1CCN1C=CN(c2nc3ncccc3[n-]2)[CH-]1.[Pt+4]. The van der Waals surface area contributed by atoms with Gasteiger partial charge in [0.05, 0.1) is 11.3 Å². The molecule has 0 saturated carbocycles. The van der Waals surface area contributed by atoms with Gasteiger partial charge in [-0.05, 0) is 48.6 Å². The van der Waals surface area contributed by atoms with Gasteiger partial charge in [0.1, 0.15) is 0 Å². The number of aromatic nitrogens is 6. The summed E-state index contributed by atoms with van der Waals surface area (Å²) in [5.41, 5.74) is 2.90. The Balaban J connectivity index is 0.00000204. The predicted molar refractivity (Wildman–Crippen MR) is 111 cm³/mol. The monoisotopic (exact) mass is 591 g/mol. The van der Waals surface area contributed by atoms with Crippen molar-refractivity contribution in [3.63, 3.8) is 0 Å². The van der Waals surface area contributed by atoms with Crippen molar-refractivity contribution >= 4 is 34.2 Å². The Labute approximate surface area is 192 Å². The molecule has 0 fully saturated rings. The van der Waals surface area contributed by atoms with Crippen LogP contribution in [0.4, 0.5) is 11.9 Å². The molecule has 10 nitrogen and oxygen atoms in total. The van der Waals surface area contributed by atoms with Crippen LogP contribution < -0.4 is 19.8 Å². The Bertz CT molecular complexity index is 1100. The first-order chi connectivity index (χ1) is 14.8. The van der Waals surface area contributed by atoms with Crippen molar-refractivity contribution in [2.45, 2.75) is 0 Å². The van der Waals surface area contributed by atoms with Crippen molar-refractivity contribution in [1.82, 2.24) is 39.7 Å². The zero-order valence-electron chi connectivity index (χ0n) is 16.1. The third-order valence-electron chi connectivity index (χ3n) is 4.85. The fraction of sp³-hybridized carbons (Fsp3) is 0.100. The summed E-state index contributed by atoms with van der Waals surface area (Å²) in [7, 11) is 0. The molecule has 0 bridgehead atoms. The molecular formula is C20H16N10Pt. The Morgan fingerprint density at radius 1 is 0.710 bits per heavy atom. The topological polar surface area (TPSA) is 92.7 Å². The van der Waals surface area contributed by atoms with Crippen LogP contribution in [0.3, 0.4) is 0 Å². The van der Waals surface area contributed by atoms with Crippen LogP contribution in [0.25, 0.3) is 22.3 Å². The number of pyridine rings is 2. The molecule has 2 aliphatic heterocycles. The van der Waals surface area contributed by atoms with Crippen LogP contribution in [-0.2, 0) is 21.1 Å². The number of rotatable bonds is 5. The van der Waals surface area contributed by atoms with Crippen molar-refractivity contribution in [3.8, 4) is 0 Å². The van der Waals surface area contributed by atoms with Crippen molar-refractivity contribution in [3.05, 3.63) is 74.8 Å². The van der Waals surface area contributed by atoms with Gasteiger partial charge in [-0.2, -0.15) is 0 Å². The van der Waals surface area contributed by atoms with Gasteiger partial charge in [-0.1, -0.05) is 12.4 Å². The largest absolute Gasteiger partial charge is 4.00 e. The third kappa shape index (κ3) is 3.74. The van der Waals surface area contributed by atoms with Gasteiger partial charge in [0.25, 0.3) is 0 Å². The van der Waals surface area contributed by atoms with E-state index in [0.717, 1.165) is 24.1 Å². The second-order valence-electron chi connectivity index (χ2n) is 6.86. The third-order valence-corrected chi connectivity index (χ3v) is 4.85. The molecule has 0 atom stereocenters. The molecule has 0 saturated heterocycles. The minimum atomic E-state index is 0. The van der Waals surface area contributed by atoms with Crippen LogP contribution in [0.2, 0.25) is 0 Å². The van der Waals surface area contributed by atoms with E-state index in [2.05, 4.69) is 39.7 Å². The molecule has 0 spiro atoms. The average molecular weight is 591 g/mol. The molecule has 0 unspecified atom stereocenters. The number of hydrogen-bond acceptors (Lipinski definition) is 8. The zero-order chi connectivity index (χ0) is 19.9. The maximum Gasteiger partial charge on any atom is 4.00 e. The van der Waals surface area contributed by atoms with E-state index in [1.165, 1.54) is 0 Å². The predicted octanol–water partition coefficient (Wildman–Crippen LogP) is 1.61. The Morgan fingerprint density at radius 3 is 1.65 bits per heavy atom. The number of nitrogens with zero attached hydrogens (tertiary/aromatic N) is 10. The van der Waals surface area contributed by atoms with E-state index in [1.54, 1.807) is 12.4 Å². The van der Waals surface area contributed by atoms with Gasteiger partial charge in [-0.3, -0.25) is 9.97 Å². The van der Waals surface area contributed by atoms with E-state index in [1.807, 2.05) is 72.2 Å². The fourth-order valence-corrected chi connectivity index (χ4v) is 3.33. The standard InChI is InChI=1S/C20H16N10.Pt/c1-3-15-17(21-5-1)25-19(23-15)29-11-9-27(13-29)7-8-28-10-12-30(14-28)20-24-16-4-2-6-22-18(16)26-20;/h1-6,9-14H,7-8H2;/q-4;+4. The summed E-state index contributed by atoms with van der Waals surface area (Å²) in [5.74, 6) is 1.24. The normalized spacial score (nSPS) is 15.6. The molecule has 31 heavy (non-hydrogen) atoms. The Morgan fingerprint density at radius 2 is 1.19 bits per heavy atom. The van der Waals surface area contributed by atoms with E-state index in [4.69, 9.17) is 0 Å². The minimum Gasteiger partial charge on any atom is -0.537 e. The molecule has 2 aliphatic rings. The summed E-state index contributed by atoms with van der Waals surface area (Å²) in [6, 6.07) is 7.54. The van der Waals surface area contributed by atoms with Crippen molar-refractivity contribution < 1.29 is 21.1 Å². The Kier molecular flexibility index (Phi) is 5.07. The Hall–Kier alpha value is -3.39. The quantitative estimate of drug-likeness (QED) is 0.319. The molecule has 0 radical (unpaired) electrons. The van der Waals surface area contributed by atoms with E-state index in [0.29, 0.717) is 23.2 Å². The molecule has 0 aromatic carbocycles. The zero-order valence-corrected chi connectivity index (χ0v) is 18.4. The van der Waals surface area contributed by atoms with Crippen molar-refractivity contribution in [2.75, 3.05) is 22.9 Å². The number of imidazole rings is 2. The summed E-state index contributed by atoms with van der Waals surface area (Å²) in [4.78, 5) is 34.4. The summed E-state index contributed by atoms with van der Waals surface area (Å²) in [6.45, 7) is 5.55. The molecule has 11 heteroatoms. The summed E-state index contributed by atoms with van der Waals surface area (Å²) >= 11 is 0. The van der Waals surface area contributed by atoms with Crippen molar-refractivity contribution in [1.29, 1.82) is 0 Å². The van der Waals surface area contributed by atoms with E-state index in [-0.39, 0.29) is 21.1 Å². The molecule has 4 aromatic rings. The van der Waals surface area contributed by atoms with E-state index < -0.39 is 0 Å². The first-order valence-corrected chi connectivity index (χ1v) is 9.48. The van der Waals surface area contributed by atoms with Crippen LogP contribution in [-0.4, -0.2) is 42.8 Å². The first-order valence-electron chi connectivity index (χ1n) is 9.48. The summed E-state index contributed by atoms with van der Waals surface area (Å²) in [5, 5.41) is 0. The average Bonchev–Trinajstić information content (AvgIpc) is 3.56. The smallest absolute Gasteiger partial charge is 0.537 e. The first kappa shape index (κ1) is 19.6. The molecule has 0 aliphatic carbocycles. The summed E-state index contributed by atoms with van der Waals surface area (Å²) < 4.78 is 0. The molecule has 6 rings (SSSR count). The second-order valence-corrected chi connectivity index (χ2v) is 6.86. The van der Waals surface area contributed by atoms with Gasteiger partial charge in [0, 0.05) is 36.5 Å². The maximum atomic E-state index is 4.52. The fourth-order valence-electron chi connectivity index (χ4n) is 3.33. The minimum absolute atomic E-state index is 0.